The quantitative estimate of drug-likeness (QED) is 0.773. The number of nitrogens with zero attached hydrogens (tertiary/aromatic N) is 2. The minimum atomic E-state index is -0.452. The number of piperidine rings is 1. The predicted molar refractivity (Wildman–Crippen MR) is 96.6 cm³/mol. The number of carbonyl (C=O) groups excluding carboxylic acids is 3. The molecule has 0 aromatic heterocycles. The van der Waals surface area contributed by atoms with Gasteiger partial charge in [0.1, 0.15) is 5.75 Å². The van der Waals surface area contributed by atoms with Gasteiger partial charge in [-0.2, -0.15) is 0 Å². The Bertz CT molecular complexity index is 681. The molecule has 3 amide bonds. The van der Waals surface area contributed by atoms with Crippen molar-refractivity contribution < 1.29 is 19.1 Å². The van der Waals surface area contributed by atoms with Gasteiger partial charge < -0.3 is 10.5 Å². The number of ether oxygens (including phenoxy) is 1. The number of anilines is 1. The molecule has 0 bridgehead atoms. The van der Waals surface area contributed by atoms with Crippen LogP contribution in [0.2, 0.25) is 0 Å². The molecule has 2 aliphatic heterocycles. The number of hydrogen-bond donors (Lipinski definition) is 1. The molecule has 0 unspecified atom stereocenters. The van der Waals surface area contributed by atoms with Crippen LogP contribution < -0.4 is 15.4 Å². The van der Waals surface area contributed by atoms with Crippen LogP contribution in [0.1, 0.15) is 32.6 Å². The van der Waals surface area contributed by atoms with E-state index in [0.717, 1.165) is 12.2 Å². The Morgan fingerprint density at radius 1 is 1.19 bits per heavy atom. The summed E-state index contributed by atoms with van der Waals surface area (Å²) in [5.41, 5.74) is 5.93. The van der Waals surface area contributed by atoms with Gasteiger partial charge in [-0.25, -0.2) is 4.90 Å². The molecule has 2 aliphatic rings. The van der Waals surface area contributed by atoms with E-state index < -0.39 is 6.04 Å². The molecule has 26 heavy (non-hydrogen) atoms. The third-order valence-corrected chi connectivity index (χ3v) is 5.06. The van der Waals surface area contributed by atoms with E-state index >= 15 is 0 Å². The lowest BCUT2D eigenvalue weighted by Gasteiger charge is -2.33. The van der Waals surface area contributed by atoms with Crippen LogP contribution in [0.3, 0.4) is 0 Å². The van der Waals surface area contributed by atoms with E-state index in [9.17, 15) is 14.4 Å². The van der Waals surface area contributed by atoms with E-state index in [2.05, 4.69) is 0 Å². The molecule has 1 aromatic carbocycles. The Morgan fingerprint density at radius 2 is 1.85 bits per heavy atom. The van der Waals surface area contributed by atoms with E-state index in [1.165, 1.54) is 4.90 Å². The zero-order valence-electron chi connectivity index (χ0n) is 15.0. The molecule has 2 saturated heterocycles. The van der Waals surface area contributed by atoms with Gasteiger partial charge in [0, 0.05) is 5.92 Å². The SMILES string of the molecule is CCCOc1ccc(N2C(=O)C[C@H](N3CCC(C(N)=O)CC3)C2=O)cc1. The maximum Gasteiger partial charge on any atom is 0.251 e. The summed E-state index contributed by atoms with van der Waals surface area (Å²) in [4.78, 5) is 39.8. The number of carbonyl (C=O) groups is 3. The number of imide groups is 1. The third-order valence-electron chi connectivity index (χ3n) is 5.06. The van der Waals surface area contributed by atoms with Crippen LogP contribution in [0.4, 0.5) is 5.69 Å². The highest BCUT2D eigenvalue weighted by Crippen LogP contribution is 2.29. The molecule has 1 atom stereocenters. The van der Waals surface area contributed by atoms with Crippen LogP contribution in [-0.4, -0.2) is 48.4 Å². The van der Waals surface area contributed by atoms with Crippen molar-refractivity contribution in [2.45, 2.75) is 38.6 Å². The maximum atomic E-state index is 12.8. The largest absolute Gasteiger partial charge is 0.494 e. The van der Waals surface area contributed by atoms with Gasteiger partial charge in [-0.3, -0.25) is 19.3 Å². The van der Waals surface area contributed by atoms with Crippen LogP contribution in [0, 0.1) is 5.92 Å². The van der Waals surface area contributed by atoms with Crippen LogP contribution in [0.15, 0.2) is 24.3 Å². The Labute approximate surface area is 153 Å². The van der Waals surface area contributed by atoms with Gasteiger partial charge in [0.05, 0.1) is 24.8 Å². The summed E-state index contributed by atoms with van der Waals surface area (Å²) in [6, 6.07) is 6.58. The smallest absolute Gasteiger partial charge is 0.251 e. The molecule has 7 heteroatoms. The van der Waals surface area contributed by atoms with Gasteiger partial charge in [0.25, 0.3) is 5.91 Å². The van der Waals surface area contributed by atoms with Crippen molar-refractivity contribution in [3.05, 3.63) is 24.3 Å². The van der Waals surface area contributed by atoms with E-state index in [0.29, 0.717) is 38.2 Å². The first-order valence-electron chi connectivity index (χ1n) is 9.14. The molecule has 140 valence electrons. The van der Waals surface area contributed by atoms with Crippen molar-refractivity contribution in [1.29, 1.82) is 0 Å². The molecular formula is C19H25N3O4. The number of primary amides is 1. The van der Waals surface area contributed by atoms with Crippen molar-refractivity contribution >= 4 is 23.4 Å². The second kappa shape index (κ2) is 7.86. The Morgan fingerprint density at radius 3 is 2.42 bits per heavy atom. The lowest BCUT2D eigenvalue weighted by Crippen LogP contribution is -2.47. The zero-order chi connectivity index (χ0) is 18.7. The average molecular weight is 359 g/mol. The highest BCUT2D eigenvalue weighted by atomic mass is 16.5. The van der Waals surface area contributed by atoms with Crippen LogP contribution in [0.5, 0.6) is 5.75 Å². The topological polar surface area (TPSA) is 92.9 Å². The lowest BCUT2D eigenvalue weighted by molar-refractivity contribution is -0.124. The Kier molecular flexibility index (Phi) is 5.56. The van der Waals surface area contributed by atoms with Gasteiger partial charge in [-0.1, -0.05) is 6.92 Å². The number of hydrogen-bond acceptors (Lipinski definition) is 5. The fourth-order valence-corrected chi connectivity index (χ4v) is 3.58. The van der Waals surface area contributed by atoms with E-state index in [-0.39, 0.29) is 30.1 Å². The van der Waals surface area contributed by atoms with Gasteiger partial charge >= 0.3 is 0 Å². The first-order chi connectivity index (χ1) is 12.5. The molecular weight excluding hydrogens is 334 g/mol. The van der Waals surface area contributed by atoms with Crippen molar-refractivity contribution in [2.24, 2.45) is 11.7 Å². The fourth-order valence-electron chi connectivity index (χ4n) is 3.58. The summed E-state index contributed by atoms with van der Waals surface area (Å²) in [6.07, 6.45) is 2.36. The number of nitrogens with two attached hydrogens (primary N) is 1. The first-order valence-corrected chi connectivity index (χ1v) is 9.14. The highest BCUT2D eigenvalue weighted by Gasteiger charge is 2.43. The minimum absolute atomic E-state index is 0.134. The molecule has 1 aromatic rings. The van der Waals surface area contributed by atoms with E-state index in [4.69, 9.17) is 10.5 Å². The third kappa shape index (κ3) is 3.72. The fraction of sp³-hybridized carbons (Fsp3) is 0.526. The van der Waals surface area contributed by atoms with Crippen LogP contribution >= 0.6 is 0 Å². The molecule has 3 rings (SSSR count). The standard InChI is InChI=1S/C19H25N3O4/c1-2-11-26-15-5-3-14(4-6-15)22-17(23)12-16(19(22)25)21-9-7-13(8-10-21)18(20)24/h3-6,13,16H,2,7-12H2,1H3,(H2,20,24)/t16-/m0/s1. The number of benzene rings is 1. The Hall–Kier alpha value is -2.41. The van der Waals surface area contributed by atoms with Gasteiger partial charge in [0.15, 0.2) is 0 Å². The summed E-state index contributed by atoms with van der Waals surface area (Å²) in [7, 11) is 0. The van der Waals surface area contributed by atoms with Gasteiger partial charge in [-0.15, -0.1) is 0 Å². The number of amides is 3. The molecule has 0 aliphatic carbocycles. The maximum absolute atomic E-state index is 12.8. The van der Waals surface area contributed by atoms with Crippen LogP contribution in [-0.2, 0) is 14.4 Å². The molecule has 0 spiro atoms. The molecule has 2 fully saturated rings. The van der Waals surface area contributed by atoms with Crippen molar-refractivity contribution in [1.82, 2.24) is 4.90 Å². The summed E-state index contributed by atoms with van der Waals surface area (Å²) in [5, 5.41) is 0. The second-order valence-electron chi connectivity index (χ2n) is 6.84. The van der Waals surface area contributed by atoms with E-state index in [1.807, 2.05) is 11.8 Å². The van der Waals surface area contributed by atoms with Crippen molar-refractivity contribution in [3.63, 3.8) is 0 Å². The zero-order valence-corrected chi connectivity index (χ0v) is 15.0. The molecule has 0 radical (unpaired) electrons. The minimum Gasteiger partial charge on any atom is -0.494 e. The number of likely N-dealkylation sites (tertiary alicyclic amines) is 1. The normalized spacial score (nSPS) is 22.0. The second-order valence-corrected chi connectivity index (χ2v) is 6.84. The van der Waals surface area contributed by atoms with Crippen LogP contribution in [0.25, 0.3) is 0 Å². The lowest BCUT2D eigenvalue weighted by atomic mass is 9.95. The van der Waals surface area contributed by atoms with Crippen molar-refractivity contribution in [3.8, 4) is 5.75 Å². The highest BCUT2D eigenvalue weighted by molar-refractivity contribution is 6.22. The molecule has 7 nitrogen and oxygen atoms in total. The summed E-state index contributed by atoms with van der Waals surface area (Å²) in [6.45, 7) is 3.87. The summed E-state index contributed by atoms with van der Waals surface area (Å²) in [5.74, 6) is -0.0931. The van der Waals surface area contributed by atoms with Gasteiger partial charge in [-0.05, 0) is 56.6 Å². The van der Waals surface area contributed by atoms with Gasteiger partial charge in [0.2, 0.25) is 11.8 Å². The molecule has 2 heterocycles. The van der Waals surface area contributed by atoms with E-state index in [1.54, 1.807) is 24.3 Å². The summed E-state index contributed by atoms with van der Waals surface area (Å²) < 4.78 is 5.54. The number of rotatable bonds is 6. The summed E-state index contributed by atoms with van der Waals surface area (Å²) >= 11 is 0. The predicted octanol–water partition coefficient (Wildman–Crippen LogP) is 1.30. The van der Waals surface area contributed by atoms with Crippen molar-refractivity contribution in [2.75, 3.05) is 24.6 Å². The molecule has 0 saturated carbocycles. The average Bonchev–Trinajstić information content (AvgIpc) is 2.95. The first kappa shape index (κ1) is 18.4. The molecule has 2 N–H and O–H groups in total. The monoisotopic (exact) mass is 359 g/mol. The Balaban J connectivity index is 1.66.